The molecule has 12 heteroatoms. The third-order valence-corrected chi connectivity index (χ3v) is 5.24. The summed E-state index contributed by atoms with van der Waals surface area (Å²) < 4.78 is 75.7. The van der Waals surface area contributed by atoms with E-state index < -0.39 is 48.2 Å². The lowest BCUT2D eigenvalue weighted by Crippen LogP contribution is -2.58. The largest absolute Gasteiger partial charge is 0.417 e. The Bertz CT molecular complexity index is 1220. The lowest BCUT2D eigenvalue weighted by atomic mass is 10.0. The minimum atomic E-state index is -4.54. The van der Waals surface area contributed by atoms with Gasteiger partial charge in [-0.1, -0.05) is 0 Å². The van der Waals surface area contributed by atoms with Crippen molar-refractivity contribution in [2.75, 3.05) is 18.4 Å². The maximum atomic E-state index is 14.2. The zero-order valence-corrected chi connectivity index (χ0v) is 18.1. The Balaban J connectivity index is 1.67. The molecule has 4 rings (SSSR count). The first-order chi connectivity index (χ1) is 16.9. The number of aromatic nitrogens is 4. The van der Waals surface area contributed by atoms with E-state index in [-0.39, 0.29) is 23.6 Å². The van der Waals surface area contributed by atoms with Gasteiger partial charge in [0.25, 0.3) is 5.91 Å². The highest BCUT2D eigenvalue weighted by atomic mass is 19.4. The first kappa shape index (κ1) is 21.0. The van der Waals surface area contributed by atoms with Gasteiger partial charge in [0.05, 0.1) is 50.2 Å². The quantitative estimate of drug-likeness (QED) is 0.563. The molecule has 0 radical (unpaired) electrons. The summed E-state index contributed by atoms with van der Waals surface area (Å²) in [5, 5.41) is 10.8. The molecule has 34 heavy (non-hydrogen) atoms. The van der Waals surface area contributed by atoms with Crippen LogP contribution in [0.2, 0.25) is 0 Å². The molecule has 1 N–H and O–H groups in total. The number of carbonyl (C=O) groups is 1. The number of pyridine rings is 1. The molecule has 3 atom stereocenters. The third kappa shape index (κ3) is 5.01. The molecule has 3 heterocycles. The van der Waals surface area contributed by atoms with Crippen LogP contribution in [0.25, 0.3) is 5.69 Å². The molecule has 2 aromatic heterocycles. The highest BCUT2D eigenvalue weighted by molar-refractivity contribution is 5.98. The van der Waals surface area contributed by atoms with Gasteiger partial charge in [-0.05, 0) is 44.2 Å². The first-order valence-electron chi connectivity index (χ1n) is 11.3. The molecule has 0 unspecified atom stereocenters. The Hall–Kier alpha value is -3.54. The molecule has 180 valence electrons. The number of nitrogens with one attached hydrogen (secondary N) is 1. The van der Waals surface area contributed by atoms with Crippen LogP contribution in [0.4, 0.5) is 23.4 Å². The molecule has 1 aliphatic rings. The fraction of sp³-hybridized carbons (Fsp3) is 0.364. The predicted molar refractivity (Wildman–Crippen MR) is 114 cm³/mol. The molecule has 1 aromatic carbocycles. The molecule has 0 spiro atoms. The number of ether oxygens (including phenoxy) is 1. The van der Waals surface area contributed by atoms with E-state index in [2.05, 4.69) is 20.5 Å². The number of anilines is 1. The molecule has 0 aliphatic carbocycles. The van der Waals surface area contributed by atoms with E-state index in [0.717, 1.165) is 34.0 Å². The maximum Gasteiger partial charge on any atom is 0.417 e. The molecule has 1 saturated heterocycles. The number of hydrogen-bond acceptors (Lipinski definition) is 6. The van der Waals surface area contributed by atoms with Crippen LogP contribution in [0.5, 0.6) is 0 Å². The van der Waals surface area contributed by atoms with E-state index in [0.29, 0.717) is 6.20 Å². The lowest BCUT2D eigenvalue weighted by Gasteiger charge is -2.43. The van der Waals surface area contributed by atoms with Crippen molar-refractivity contribution in [3.63, 3.8) is 0 Å². The van der Waals surface area contributed by atoms with Gasteiger partial charge < -0.3 is 15.0 Å². The predicted octanol–water partition coefficient (Wildman–Crippen LogP) is 3.55. The van der Waals surface area contributed by atoms with E-state index in [1.165, 1.54) is 25.4 Å². The Morgan fingerprint density at radius 2 is 1.97 bits per heavy atom. The molecular formula is C22H22F4N6O2. The zero-order valence-electron chi connectivity index (χ0n) is 20.1. The summed E-state index contributed by atoms with van der Waals surface area (Å²) >= 11 is 0. The topological polar surface area (TPSA) is 85.2 Å². The Labute approximate surface area is 195 Å². The summed E-state index contributed by atoms with van der Waals surface area (Å²) in [5.74, 6) is -1.46. The van der Waals surface area contributed by atoms with Crippen LogP contribution in [0.3, 0.4) is 0 Å². The Kier molecular flexibility index (Phi) is 5.79. The normalized spacial score (nSPS) is 23.2. The summed E-state index contributed by atoms with van der Waals surface area (Å²) in [6, 6.07) is 4.47. The molecule has 0 bridgehead atoms. The van der Waals surface area contributed by atoms with E-state index >= 15 is 0 Å². The monoisotopic (exact) mass is 480 g/mol. The van der Waals surface area contributed by atoms with Gasteiger partial charge in [0.1, 0.15) is 11.6 Å². The van der Waals surface area contributed by atoms with Crippen LogP contribution in [0.1, 0.15) is 32.5 Å². The summed E-state index contributed by atoms with van der Waals surface area (Å²) in [6.07, 6.45) is -2.84. The van der Waals surface area contributed by atoms with Gasteiger partial charge in [0.15, 0.2) is 0 Å². The van der Waals surface area contributed by atoms with Gasteiger partial charge in [0.2, 0.25) is 0 Å². The second-order valence-electron chi connectivity index (χ2n) is 7.65. The number of morpholine rings is 1. The summed E-state index contributed by atoms with van der Waals surface area (Å²) in [4.78, 5) is 19.6. The van der Waals surface area contributed by atoms with Gasteiger partial charge in [-0.2, -0.15) is 28.2 Å². The van der Waals surface area contributed by atoms with Crippen LogP contribution in [-0.4, -0.2) is 62.1 Å². The zero-order chi connectivity index (χ0) is 26.3. The van der Waals surface area contributed by atoms with Gasteiger partial charge in [-0.25, -0.2) is 9.37 Å². The van der Waals surface area contributed by atoms with Crippen molar-refractivity contribution in [3.8, 4) is 5.69 Å². The smallest absolute Gasteiger partial charge is 0.372 e. The van der Waals surface area contributed by atoms with E-state index in [9.17, 15) is 22.4 Å². The van der Waals surface area contributed by atoms with Gasteiger partial charge in [-0.3, -0.25) is 4.79 Å². The second-order valence-corrected chi connectivity index (χ2v) is 7.65. The number of carbonyl (C=O) groups excluding carboxylic acids is 1. The van der Waals surface area contributed by atoms with Gasteiger partial charge in [-0.15, -0.1) is 0 Å². The highest BCUT2D eigenvalue weighted by Gasteiger charge is 2.37. The average molecular weight is 480 g/mol. The van der Waals surface area contributed by atoms with Crippen molar-refractivity contribution in [3.05, 3.63) is 65.9 Å². The van der Waals surface area contributed by atoms with Gasteiger partial charge >= 0.3 is 6.18 Å². The molecule has 8 nitrogen and oxygen atoms in total. The molecule has 3 aromatic rings. The fourth-order valence-electron chi connectivity index (χ4n) is 3.61. The lowest BCUT2D eigenvalue weighted by molar-refractivity contribution is -0.137. The third-order valence-electron chi connectivity index (χ3n) is 5.24. The number of halogens is 4. The van der Waals surface area contributed by atoms with Crippen LogP contribution >= 0.6 is 0 Å². The summed E-state index contributed by atoms with van der Waals surface area (Å²) in [5.41, 5.74) is -0.950. The molecule has 1 fully saturated rings. The van der Waals surface area contributed by atoms with Crippen molar-refractivity contribution in [1.82, 2.24) is 24.9 Å². The van der Waals surface area contributed by atoms with E-state index in [1.807, 2.05) is 0 Å². The number of benzene rings is 1. The Morgan fingerprint density at radius 3 is 2.62 bits per heavy atom. The number of hydrogen-bond donors (Lipinski definition) is 1. The Morgan fingerprint density at radius 1 is 1.24 bits per heavy atom. The van der Waals surface area contributed by atoms with Crippen molar-refractivity contribution < 1.29 is 29.8 Å². The van der Waals surface area contributed by atoms with E-state index in [1.54, 1.807) is 6.92 Å². The minimum Gasteiger partial charge on any atom is -0.372 e. The number of rotatable bonds is 5. The van der Waals surface area contributed by atoms with E-state index in [4.69, 9.17) is 7.48 Å². The van der Waals surface area contributed by atoms with Crippen molar-refractivity contribution in [2.24, 2.45) is 0 Å². The standard InChI is InChI=1S/C22H22F4N6O2/c1-13-12-31(21(33)17-9-16(23)4-5-18(17)32-29-7-8-30-32)19(14(2)34-13)11-28-20-6-3-15(10-27-20)22(24,25)26/h3-10,13-14,19H,11-12H2,1-2H3,(H,27,28)/t13-,14+,19-/m1/s1/i12D2. The average Bonchev–Trinajstić information content (AvgIpc) is 3.34. The highest BCUT2D eigenvalue weighted by Crippen LogP contribution is 2.29. The molecule has 1 aliphatic heterocycles. The van der Waals surface area contributed by atoms with Crippen LogP contribution in [-0.2, 0) is 10.9 Å². The fourth-order valence-corrected chi connectivity index (χ4v) is 3.61. The molecular weight excluding hydrogens is 456 g/mol. The maximum absolute atomic E-state index is 14.2. The van der Waals surface area contributed by atoms with Gasteiger partial charge in [0, 0.05) is 19.2 Å². The second kappa shape index (κ2) is 9.37. The number of alkyl halides is 3. The van der Waals surface area contributed by atoms with Crippen LogP contribution < -0.4 is 5.32 Å². The van der Waals surface area contributed by atoms with Crippen molar-refractivity contribution in [1.29, 1.82) is 0 Å². The SMILES string of the molecule is [2H]C1([2H])[C@@H](C)O[C@@H](C)[C@@H](CNc2ccc(C(F)(F)F)cn2)N1C(=O)c1cc(F)ccc1-n1nccn1. The number of amides is 1. The summed E-state index contributed by atoms with van der Waals surface area (Å²) in [7, 11) is 0. The molecule has 1 amide bonds. The number of nitrogens with zero attached hydrogens (tertiary/aromatic N) is 5. The van der Waals surface area contributed by atoms with Crippen molar-refractivity contribution in [2.45, 2.75) is 38.3 Å². The van der Waals surface area contributed by atoms with Crippen LogP contribution in [0, 0.1) is 5.82 Å². The molecule has 0 saturated carbocycles. The minimum absolute atomic E-state index is 0.0916. The summed E-state index contributed by atoms with van der Waals surface area (Å²) in [6.45, 7) is 0.687. The first-order valence-corrected chi connectivity index (χ1v) is 10.3. The van der Waals surface area contributed by atoms with Crippen LogP contribution in [0.15, 0.2) is 48.9 Å². The van der Waals surface area contributed by atoms with Crippen molar-refractivity contribution >= 4 is 11.7 Å².